The van der Waals surface area contributed by atoms with Gasteiger partial charge in [0.25, 0.3) is 5.69 Å². The zero-order valence-corrected chi connectivity index (χ0v) is 43.7. The minimum Gasteiger partial charge on any atom is -1.00 e. The van der Waals surface area contributed by atoms with Gasteiger partial charge in [0.2, 0.25) is 0 Å². The van der Waals surface area contributed by atoms with Crippen LogP contribution >= 0.6 is 38.5 Å². The number of halogens is 3. The topological polar surface area (TPSA) is 145 Å². The Bertz CT molecular complexity index is 775. The Morgan fingerprint density at radius 2 is 1.19 bits per heavy atom. The first-order valence-electron chi connectivity index (χ1n) is 19.6. The number of hydrogen-bond donors (Lipinski definition) is 3. The third-order valence-electron chi connectivity index (χ3n) is 7.17. The second kappa shape index (κ2) is 55.0. The van der Waals surface area contributed by atoms with Crippen molar-refractivity contribution in [2.45, 2.75) is 168 Å². The minimum atomic E-state index is -1.24. The molecule has 0 aromatic heterocycles. The summed E-state index contributed by atoms with van der Waals surface area (Å²) >= 11 is 5.84. The first-order valence-corrected chi connectivity index (χ1v) is 25.9. The molecule has 0 aliphatic carbocycles. The fraction of sp³-hybridized carbons (Fsp3) is 0.821. The molecule has 0 heterocycles. The van der Waals surface area contributed by atoms with E-state index in [9.17, 15) is 14.9 Å². The molecule has 0 radical (unpaired) electrons. The van der Waals surface area contributed by atoms with E-state index in [1.165, 1.54) is 124 Å². The maximum absolute atomic E-state index is 11.4. The number of rotatable bonds is 25. The van der Waals surface area contributed by atoms with Crippen LogP contribution < -0.4 is 64.0 Å². The van der Waals surface area contributed by atoms with E-state index < -0.39 is 19.2 Å². The Balaban J connectivity index is -0.000000139. The molecular weight excluding hydrogens is 993 g/mol. The monoisotopic (exact) mass is 1070 g/mol. The number of aliphatic hydroxyl groups is 2. The summed E-state index contributed by atoms with van der Waals surface area (Å²) in [5.41, 5.74) is 5.19. The standard InChI is InChI=1S/C12H17NO5Si.C7H15Br.C7H15I.C7H16O.C6H15NO.HI.Na/c1-19(2,3)9-8-17-12(14)18-11-6-4-10(5-7-11)13(15)16;3*1-2-3-4-5-6-7-8;7-5-3-1-2-4-6-8;;/h4-7H,8-9H2,1-3H3;2*2-7H2,1H3;8H,2-7H2,1H3;8H,1-7H2;1H;/q;;;;;;+1/p-1. The van der Waals surface area contributed by atoms with Crippen LogP contribution in [0.25, 0.3) is 0 Å². The average Bonchev–Trinajstić information content (AvgIpc) is 3.10. The van der Waals surface area contributed by atoms with Crippen LogP contribution in [0.1, 0.15) is 143 Å². The van der Waals surface area contributed by atoms with Gasteiger partial charge in [-0.15, -0.1) is 0 Å². The number of carbonyl (C=O) groups excluding carboxylic acids is 1. The number of nitrogens with zero attached hydrogens (tertiary/aromatic N) is 1. The molecule has 0 amide bonds. The molecule has 312 valence electrons. The van der Waals surface area contributed by atoms with Crippen molar-refractivity contribution in [2.24, 2.45) is 5.73 Å². The van der Waals surface area contributed by atoms with E-state index in [0.717, 1.165) is 44.7 Å². The summed E-state index contributed by atoms with van der Waals surface area (Å²) in [6, 6.07) is 6.12. The molecule has 1 rings (SSSR count). The molecule has 0 saturated carbocycles. The van der Waals surface area contributed by atoms with Gasteiger partial charge in [-0.2, -0.15) is 0 Å². The minimum absolute atomic E-state index is 0. The Kier molecular flexibility index (Phi) is 68.3. The smallest absolute Gasteiger partial charge is 1.00 e. The van der Waals surface area contributed by atoms with Crippen LogP contribution in [0.3, 0.4) is 0 Å². The molecular formula is C39H78BrI2N2NaO7Si. The van der Waals surface area contributed by atoms with Crippen molar-refractivity contribution in [3.63, 3.8) is 0 Å². The molecule has 9 nitrogen and oxygen atoms in total. The van der Waals surface area contributed by atoms with E-state index in [4.69, 9.17) is 25.4 Å². The number of alkyl halides is 2. The summed E-state index contributed by atoms with van der Waals surface area (Å²) in [6.45, 7) is 15.0. The first-order chi connectivity index (χ1) is 24.4. The van der Waals surface area contributed by atoms with Gasteiger partial charge in [0.05, 0.1) is 11.5 Å². The molecule has 0 unspecified atom stereocenters. The predicted molar refractivity (Wildman–Crippen MR) is 234 cm³/mol. The van der Waals surface area contributed by atoms with Crippen molar-refractivity contribution in [1.29, 1.82) is 0 Å². The van der Waals surface area contributed by atoms with Gasteiger partial charge in [0, 0.05) is 38.8 Å². The number of non-ortho nitro benzene ring substituents is 1. The van der Waals surface area contributed by atoms with Gasteiger partial charge in [0.1, 0.15) is 5.75 Å². The molecule has 53 heavy (non-hydrogen) atoms. The maximum Gasteiger partial charge on any atom is 1.00 e. The van der Waals surface area contributed by atoms with E-state index in [1.807, 2.05) is 0 Å². The van der Waals surface area contributed by atoms with E-state index in [0.29, 0.717) is 19.8 Å². The number of nitro benzene ring substituents is 1. The van der Waals surface area contributed by atoms with Crippen molar-refractivity contribution >= 4 is 58.4 Å². The number of ether oxygens (including phenoxy) is 2. The Labute approximate surface area is 388 Å². The number of hydrogen-bond acceptors (Lipinski definition) is 8. The quantitative estimate of drug-likeness (QED) is 0.0145. The number of nitrogens with two attached hydrogens (primary N) is 1. The number of aliphatic hydroxyl groups excluding tert-OH is 2. The third-order valence-corrected chi connectivity index (χ3v) is 10.2. The second-order valence-electron chi connectivity index (χ2n) is 13.5. The van der Waals surface area contributed by atoms with Gasteiger partial charge in [-0.1, -0.05) is 169 Å². The van der Waals surface area contributed by atoms with Crippen LogP contribution in [0.4, 0.5) is 10.5 Å². The van der Waals surface area contributed by atoms with E-state index in [2.05, 4.69) is 78.9 Å². The summed E-state index contributed by atoms with van der Waals surface area (Å²) < 4.78 is 11.2. The molecule has 1 aromatic rings. The van der Waals surface area contributed by atoms with Gasteiger partial charge in [0.15, 0.2) is 0 Å². The summed E-state index contributed by atoms with van der Waals surface area (Å²) in [4.78, 5) is 21.3. The van der Waals surface area contributed by atoms with Crippen LogP contribution in [0, 0.1) is 10.1 Å². The summed E-state index contributed by atoms with van der Waals surface area (Å²) in [7, 11) is -1.24. The molecule has 0 atom stereocenters. The maximum atomic E-state index is 11.4. The van der Waals surface area contributed by atoms with Crippen molar-refractivity contribution in [2.75, 3.05) is 36.1 Å². The largest absolute Gasteiger partial charge is 1.00 e. The predicted octanol–water partition coefficient (Wildman–Crippen LogP) is 6.65. The van der Waals surface area contributed by atoms with Gasteiger partial charge >= 0.3 is 35.7 Å². The van der Waals surface area contributed by atoms with Crippen LogP contribution in [-0.4, -0.2) is 65.5 Å². The zero-order valence-electron chi connectivity index (χ0n) is 34.8. The fourth-order valence-electron chi connectivity index (χ4n) is 3.92. The number of nitro groups is 1. The van der Waals surface area contributed by atoms with Crippen molar-refractivity contribution in [1.82, 2.24) is 0 Å². The Morgan fingerprint density at radius 3 is 1.55 bits per heavy atom. The molecule has 1 aromatic carbocycles. The number of benzene rings is 1. The normalized spacial score (nSPS) is 9.79. The molecule has 0 bridgehead atoms. The summed E-state index contributed by atoms with van der Waals surface area (Å²) in [5, 5.41) is 28.3. The van der Waals surface area contributed by atoms with Gasteiger partial charge < -0.3 is 49.4 Å². The van der Waals surface area contributed by atoms with Crippen LogP contribution in [-0.2, 0) is 4.74 Å². The van der Waals surface area contributed by atoms with E-state index >= 15 is 0 Å². The third kappa shape index (κ3) is 65.1. The number of carbonyl (C=O) groups is 1. The van der Waals surface area contributed by atoms with Crippen LogP contribution in [0.5, 0.6) is 5.75 Å². The second-order valence-corrected chi connectivity index (χ2v) is 21.0. The number of unbranched alkanes of at least 4 members (excludes halogenated alkanes) is 15. The zero-order chi connectivity index (χ0) is 39.4. The molecule has 0 aliphatic heterocycles. The van der Waals surface area contributed by atoms with Crippen LogP contribution in [0.2, 0.25) is 25.7 Å². The fourth-order valence-corrected chi connectivity index (χ4v) is 5.57. The molecule has 0 fully saturated rings. The summed E-state index contributed by atoms with van der Waals surface area (Å²) in [5.74, 6) is 0.226. The SMILES string of the molecule is CCCCCCCBr.CCCCCCCI.CCCCCCCO.C[Si](C)(C)CCOC(=O)Oc1ccc([N+](=O)[O-])cc1.NCCCCCCO.[I-].[Na+]. The van der Waals surface area contributed by atoms with E-state index in [1.54, 1.807) is 0 Å². The average molecular weight is 1070 g/mol. The van der Waals surface area contributed by atoms with Crippen LogP contribution in [0.15, 0.2) is 24.3 Å². The Hall–Kier alpha value is 0.927. The molecule has 4 N–H and O–H groups in total. The molecule has 14 heteroatoms. The van der Waals surface area contributed by atoms with Crippen molar-refractivity contribution in [3.05, 3.63) is 34.4 Å². The van der Waals surface area contributed by atoms with E-state index in [-0.39, 0.29) is 65.0 Å². The Morgan fingerprint density at radius 1 is 0.774 bits per heavy atom. The van der Waals surface area contributed by atoms with Gasteiger partial charge in [-0.3, -0.25) is 10.1 Å². The van der Waals surface area contributed by atoms with Gasteiger partial charge in [-0.25, -0.2) is 4.79 Å². The van der Waals surface area contributed by atoms with Crippen molar-refractivity contribution in [3.8, 4) is 5.75 Å². The molecule has 0 aliphatic rings. The molecule has 0 spiro atoms. The molecule has 0 saturated heterocycles. The van der Waals surface area contributed by atoms with Gasteiger partial charge in [-0.05, 0) is 61.3 Å². The first kappa shape index (κ1) is 65.8. The van der Waals surface area contributed by atoms with Crippen molar-refractivity contribution < 1.29 is 82.9 Å². The summed E-state index contributed by atoms with van der Waals surface area (Å²) in [6.07, 6.45) is 23.6.